The standard InChI is InChI=1S/C26H27NO4/c1-26(30)20(17-31-24-14-8-6-12-22(24)26)15-19(18-9-3-2-4-10-18)16-27-25(29)21-11-5-7-13-23(21)28/h2-14,19-20,28,30H,15-17H2,1H3,(H,27,29)/t19-,20+,26+/m1/s1. The Labute approximate surface area is 182 Å². The largest absolute Gasteiger partial charge is 0.507 e. The maximum Gasteiger partial charge on any atom is 0.255 e. The smallest absolute Gasteiger partial charge is 0.255 e. The number of carbonyl (C=O) groups excluding carboxylic acids is 1. The third-order valence-corrected chi connectivity index (χ3v) is 6.17. The minimum Gasteiger partial charge on any atom is -0.507 e. The summed E-state index contributed by atoms with van der Waals surface area (Å²) in [5.41, 5.74) is 1.08. The number of aliphatic hydroxyl groups is 1. The summed E-state index contributed by atoms with van der Waals surface area (Å²) in [6.07, 6.45) is 0.631. The normalized spacial score (nSPS) is 20.9. The highest BCUT2D eigenvalue weighted by atomic mass is 16.5. The molecule has 1 aliphatic rings. The molecule has 0 fully saturated rings. The maximum absolute atomic E-state index is 12.6. The number of aromatic hydroxyl groups is 1. The molecule has 0 aromatic heterocycles. The number of carbonyl (C=O) groups is 1. The molecule has 160 valence electrons. The molecule has 1 aliphatic heterocycles. The van der Waals surface area contributed by atoms with Gasteiger partial charge in [-0.3, -0.25) is 4.79 Å². The molecule has 0 bridgehead atoms. The van der Waals surface area contributed by atoms with Gasteiger partial charge in [-0.15, -0.1) is 0 Å². The monoisotopic (exact) mass is 417 g/mol. The van der Waals surface area contributed by atoms with Crippen LogP contribution in [-0.2, 0) is 5.60 Å². The maximum atomic E-state index is 12.6. The summed E-state index contributed by atoms with van der Waals surface area (Å²) in [7, 11) is 0. The van der Waals surface area contributed by atoms with Gasteiger partial charge < -0.3 is 20.3 Å². The summed E-state index contributed by atoms with van der Waals surface area (Å²) in [6, 6.07) is 24.0. The van der Waals surface area contributed by atoms with Crippen LogP contribution in [0.1, 0.15) is 40.7 Å². The molecule has 0 aliphatic carbocycles. The molecule has 5 nitrogen and oxygen atoms in total. The number of hydrogen-bond acceptors (Lipinski definition) is 4. The van der Waals surface area contributed by atoms with Gasteiger partial charge >= 0.3 is 0 Å². The van der Waals surface area contributed by atoms with Gasteiger partial charge in [0.25, 0.3) is 5.91 Å². The summed E-state index contributed by atoms with van der Waals surface area (Å²) in [4.78, 5) is 12.6. The number of phenols is 1. The average Bonchev–Trinajstić information content (AvgIpc) is 2.79. The van der Waals surface area contributed by atoms with Crippen molar-refractivity contribution in [2.45, 2.75) is 24.9 Å². The summed E-state index contributed by atoms with van der Waals surface area (Å²) < 4.78 is 5.94. The first-order chi connectivity index (χ1) is 15.0. The Balaban J connectivity index is 1.54. The molecule has 3 N–H and O–H groups in total. The zero-order valence-electron chi connectivity index (χ0n) is 17.5. The quantitative estimate of drug-likeness (QED) is 0.561. The lowest BCUT2D eigenvalue weighted by molar-refractivity contribution is -0.0492. The van der Waals surface area contributed by atoms with E-state index in [1.54, 1.807) is 18.2 Å². The minimum atomic E-state index is -1.04. The number of para-hydroxylation sites is 2. The van der Waals surface area contributed by atoms with Gasteiger partial charge in [0.15, 0.2) is 0 Å². The van der Waals surface area contributed by atoms with Crippen molar-refractivity contribution in [2.24, 2.45) is 5.92 Å². The summed E-state index contributed by atoms with van der Waals surface area (Å²) in [5.74, 6) is 0.177. The number of benzene rings is 3. The molecule has 0 spiro atoms. The van der Waals surface area contributed by atoms with Gasteiger partial charge in [0.2, 0.25) is 0 Å². The fourth-order valence-electron chi connectivity index (χ4n) is 4.26. The van der Waals surface area contributed by atoms with Gasteiger partial charge in [0.05, 0.1) is 17.8 Å². The lowest BCUT2D eigenvalue weighted by Gasteiger charge is -2.40. The van der Waals surface area contributed by atoms with E-state index in [0.717, 1.165) is 11.1 Å². The average molecular weight is 418 g/mol. The first kappa shape index (κ1) is 20.9. The van der Waals surface area contributed by atoms with Crippen LogP contribution in [0.3, 0.4) is 0 Å². The molecule has 0 unspecified atom stereocenters. The predicted molar refractivity (Wildman–Crippen MR) is 119 cm³/mol. The van der Waals surface area contributed by atoms with Crippen molar-refractivity contribution in [3.8, 4) is 11.5 Å². The van der Waals surface area contributed by atoms with Crippen LogP contribution in [0.4, 0.5) is 0 Å². The van der Waals surface area contributed by atoms with E-state index in [9.17, 15) is 15.0 Å². The second-order valence-corrected chi connectivity index (χ2v) is 8.22. The fraction of sp³-hybridized carbons (Fsp3) is 0.269. The predicted octanol–water partition coefficient (Wildman–Crippen LogP) is 4.21. The van der Waals surface area contributed by atoms with Crippen LogP contribution in [0.2, 0.25) is 0 Å². The fourth-order valence-corrected chi connectivity index (χ4v) is 4.26. The minimum absolute atomic E-state index is 0.0265. The SMILES string of the molecule is C[C@@]1(O)c2ccccc2OC[C@@H]1C[C@H](CNC(=O)c1ccccc1O)c1ccccc1. The van der Waals surface area contributed by atoms with Crippen LogP contribution < -0.4 is 10.1 Å². The van der Waals surface area contributed by atoms with Gasteiger partial charge in [0.1, 0.15) is 11.5 Å². The molecular formula is C26H27NO4. The third-order valence-electron chi connectivity index (χ3n) is 6.17. The number of hydrogen-bond donors (Lipinski definition) is 3. The highest BCUT2D eigenvalue weighted by molar-refractivity contribution is 5.96. The number of amides is 1. The molecule has 31 heavy (non-hydrogen) atoms. The second-order valence-electron chi connectivity index (χ2n) is 8.22. The van der Waals surface area contributed by atoms with Crippen molar-refractivity contribution in [2.75, 3.05) is 13.2 Å². The number of fused-ring (bicyclic) bond motifs is 1. The third kappa shape index (κ3) is 4.42. The number of rotatable bonds is 6. The van der Waals surface area contributed by atoms with E-state index >= 15 is 0 Å². The second kappa shape index (κ2) is 8.82. The Morgan fingerprint density at radius 3 is 2.52 bits per heavy atom. The Kier molecular flexibility index (Phi) is 5.96. The molecule has 0 saturated heterocycles. The Morgan fingerprint density at radius 1 is 1.06 bits per heavy atom. The summed E-state index contributed by atoms with van der Waals surface area (Å²) >= 11 is 0. The lowest BCUT2D eigenvalue weighted by atomic mass is 9.75. The van der Waals surface area contributed by atoms with Gasteiger partial charge in [-0.05, 0) is 37.1 Å². The van der Waals surface area contributed by atoms with Crippen molar-refractivity contribution < 1.29 is 19.7 Å². The molecule has 1 heterocycles. The number of nitrogens with one attached hydrogen (secondary N) is 1. The van der Waals surface area contributed by atoms with Crippen molar-refractivity contribution >= 4 is 5.91 Å². The van der Waals surface area contributed by atoms with E-state index in [4.69, 9.17) is 4.74 Å². The molecule has 3 atom stereocenters. The van der Waals surface area contributed by atoms with E-state index in [2.05, 4.69) is 5.32 Å². The molecule has 0 radical (unpaired) electrons. The molecule has 0 saturated carbocycles. The summed E-state index contributed by atoms with van der Waals surface area (Å²) in [6.45, 7) is 2.62. The van der Waals surface area contributed by atoms with Crippen LogP contribution in [0, 0.1) is 5.92 Å². The van der Waals surface area contributed by atoms with Crippen LogP contribution in [0.5, 0.6) is 11.5 Å². The first-order valence-electron chi connectivity index (χ1n) is 10.5. The van der Waals surface area contributed by atoms with Crippen molar-refractivity contribution in [3.05, 3.63) is 95.6 Å². The molecule has 5 heteroatoms. The molecule has 3 aromatic carbocycles. The van der Waals surface area contributed by atoms with E-state index in [1.165, 1.54) is 6.07 Å². The number of ether oxygens (including phenoxy) is 1. The van der Waals surface area contributed by atoms with Gasteiger partial charge in [0, 0.05) is 23.9 Å². The van der Waals surface area contributed by atoms with E-state index in [0.29, 0.717) is 25.3 Å². The number of phenolic OH excluding ortho intramolecular Hbond substituents is 1. The van der Waals surface area contributed by atoms with Gasteiger partial charge in [-0.25, -0.2) is 0 Å². The Morgan fingerprint density at radius 2 is 1.74 bits per heavy atom. The van der Waals surface area contributed by atoms with E-state index in [1.807, 2.05) is 61.5 Å². The van der Waals surface area contributed by atoms with Crippen molar-refractivity contribution in [1.29, 1.82) is 0 Å². The molecule has 1 amide bonds. The van der Waals surface area contributed by atoms with E-state index < -0.39 is 5.60 Å². The highest BCUT2D eigenvalue weighted by Crippen LogP contribution is 2.43. The molecule has 4 rings (SSSR count). The van der Waals surface area contributed by atoms with Crippen LogP contribution >= 0.6 is 0 Å². The van der Waals surface area contributed by atoms with Crippen molar-refractivity contribution in [1.82, 2.24) is 5.32 Å². The zero-order chi connectivity index (χ0) is 21.8. The van der Waals surface area contributed by atoms with Gasteiger partial charge in [-0.2, -0.15) is 0 Å². The zero-order valence-corrected chi connectivity index (χ0v) is 17.5. The topological polar surface area (TPSA) is 78.8 Å². The Hall–Kier alpha value is -3.31. The van der Waals surface area contributed by atoms with E-state index in [-0.39, 0.29) is 29.1 Å². The van der Waals surface area contributed by atoms with Crippen LogP contribution in [0.25, 0.3) is 0 Å². The molecule has 3 aromatic rings. The van der Waals surface area contributed by atoms with Gasteiger partial charge in [-0.1, -0.05) is 60.7 Å². The lowest BCUT2D eigenvalue weighted by Crippen LogP contribution is -2.41. The molecular weight excluding hydrogens is 390 g/mol. The van der Waals surface area contributed by atoms with Crippen LogP contribution in [0.15, 0.2) is 78.9 Å². The van der Waals surface area contributed by atoms with Crippen molar-refractivity contribution in [3.63, 3.8) is 0 Å². The summed E-state index contributed by atoms with van der Waals surface area (Å²) in [5, 5.41) is 24.3. The van der Waals surface area contributed by atoms with Crippen LogP contribution in [-0.4, -0.2) is 29.3 Å². The first-order valence-corrected chi connectivity index (χ1v) is 10.5. The highest BCUT2D eigenvalue weighted by Gasteiger charge is 2.41. The Bertz CT molecular complexity index is 1050.